The van der Waals surface area contributed by atoms with Crippen molar-refractivity contribution in [2.45, 2.75) is 12.8 Å². The number of aromatic nitrogens is 2. The number of rotatable bonds is 4. The normalized spacial score (nSPS) is 13.3. The van der Waals surface area contributed by atoms with Crippen LogP contribution in [0.4, 0.5) is 22.0 Å². The molecule has 1 fully saturated rings. The summed E-state index contributed by atoms with van der Waals surface area (Å²) in [6, 6.07) is 12.9. The molecule has 2 amide bonds. The maximum absolute atomic E-state index is 12.5. The van der Waals surface area contributed by atoms with Crippen LogP contribution in [0.3, 0.4) is 0 Å². The number of carboxylic acid groups (broad SMARTS) is 1. The Morgan fingerprint density at radius 1 is 1.09 bits per heavy atom. The minimum Gasteiger partial charge on any atom is -0.465 e. The van der Waals surface area contributed by atoms with E-state index in [1.807, 2.05) is 36.4 Å². The summed E-state index contributed by atoms with van der Waals surface area (Å²) in [4.78, 5) is 33.5. The van der Waals surface area contributed by atoms with Gasteiger partial charge in [0.1, 0.15) is 12.1 Å². The van der Waals surface area contributed by atoms with E-state index in [1.54, 1.807) is 12.1 Å². The van der Waals surface area contributed by atoms with Gasteiger partial charge in [-0.1, -0.05) is 17.6 Å². The largest absolute Gasteiger partial charge is 0.465 e. The lowest BCUT2D eigenvalue weighted by atomic mass is 10.0. The lowest BCUT2D eigenvalue weighted by Gasteiger charge is -2.25. The number of hydrogen-bond acceptors (Lipinski definition) is 5. The van der Waals surface area contributed by atoms with Crippen molar-refractivity contribution in [1.29, 1.82) is 0 Å². The molecule has 0 aliphatic carbocycles. The van der Waals surface area contributed by atoms with Crippen LogP contribution in [0.15, 0.2) is 60.4 Å². The van der Waals surface area contributed by atoms with Crippen molar-refractivity contribution in [1.82, 2.24) is 14.9 Å². The maximum atomic E-state index is 12.5. The standard InChI is InChI=1S/C24H21N5O3/c1-2-16-4-3-5-18(12-16)28-23-20-14-19(6-7-21(20)25-15-26-23)27-22(30)13-17-8-10-29(11-9-17)24(31)32/h1,3-7,12-15H,8-11H2,(H,27,30)(H,31,32)(H,25,26,28). The van der Waals surface area contributed by atoms with Gasteiger partial charge in [0.25, 0.3) is 0 Å². The van der Waals surface area contributed by atoms with Crippen LogP contribution in [-0.4, -0.2) is 45.1 Å². The second-order valence-corrected chi connectivity index (χ2v) is 7.37. The Morgan fingerprint density at radius 2 is 1.91 bits per heavy atom. The summed E-state index contributed by atoms with van der Waals surface area (Å²) in [5.41, 5.74) is 3.82. The quantitative estimate of drug-likeness (QED) is 0.429. The lowest BCUT2D eigenvalue weighted by molar-refractivity contribution is -0.112. The van der Waals surface area contributed by atoms with Gasteiger partial charge in [-0.3, -0.25) is 4.79 Å². The number of terminal acetylenes is 1. The maximum Gasteiger partial charge on any atom is 0.407 e. The molecule has 0 spiro atoms. The molecule has 8 nitrogen and oxygen atoms in total. The number of hydrogen-bond donors (Lipinski definition) is 3. The molecule has 0 saturated carbocycles. The molecule has 3 aromatic rings. The molecule has 2 heterocycles. The van der Waals surface area contributed by atoms with Crippen molar-refractivity contribution in [3.8, 4) is 12.3 Å². The minimum atomic E-state index is -0.928. The first-order valence-electron chi connectivity index (χ1n) is 10.1. The van der Waals surface area contributed by atoms with Gasteiger partial charge in [-0.25, -0.2) is 14.8 Å². The fourth-order valence-corrected chi connectivity index (χ4v) is 3.55. The fourth-order valence-electron chi connectivity index (χ4n) is 3.55. The van der Waals surface area contributed by atoms with E-state index in [0.717, 1.165) is 27.7 Å². The first-order chi connectivity index (χ1) is 15.5. The van der Waals surface area contributed by atoms with Crippen LogP contribution in [0, 0.1) is 12.3 Å². The molecule has 0 unspecified atom stereocenters. The number of nitrogens with one attached hydrogen (secondary N) is 2. The van der Waals surface area contributed by atoms with Crippen LogP contribution in [0.2, 0.25) is 0 Å². The van der Waals surface area contributed by atoms with Gasteiger partial charge in [-0.15, -0.1) is 6.42 Å². The highest BCUT2D eigenvalue weighted by Crippen LogP contribution is 2.26. The number of amides is 2. The van der Waals surface area contributed by atoms with Gasteiger partial charge in [0.05, 0.1) is 5.52 Å². The lowest BCUT2D eigenvalue weighted by Crippen LogP contribution is -2.35. The number of carbonyl (C=O) groups excluding carboxylic acids is 1. The Balaban J connectivity index is 1.51. The monoisotopic (exact) mass is 427 g/mol. The minimum absolute atomic E-state index is 0.254. The smallest absolute Gasteiger partial charge is 0.407 e. The summed E-state index contributed by atoms with van der Waals surface area (Å²) < 4.78 is 0. The molecule has 3 N–H and O–H groups in total. The molecule has 1 aromatic heterocycles. The zero-order valence-corrected chi connectivity index (χ0v) is 17.2. The number of likely N-dealkylation sites (tertiary alicyclic amines) is 1. The molecule has 4 rings (SSSR count). The average molecular weight is 427 g/mol. The Kier molecular flexibility index (Phi) is 5.99. The predicted molar refractivity (Wildman–Crippen MR) is 123 cm³/mol. The van der Waals surface area contributed by atoms with Crippen molar-refractivity contribution in [3.63, 3.8) is 0 Å². The molecule has 1 aliphatic rings. The molecule has 8 heteroatoms. The van der Waals surface area contributed by atoms with Gasteiger partial charge >= 0.3 is 6.09 Å². The molecule has 1 aliphatic heterocycles. The molecule has 1 saturated heterocycles. The van der Waals surface area contributed by atoms with Gasteiger partial charge < -0.3 is 20.6 Å². The summed E-state index contributed by atoms with van der Waals surface area (Å²) in [5, 5.41) is 15.9. The van der Waals surface area contributed by atoms with Gasteiger partial charge in [0.15, 0.2) is 0 Å². The molecular weight excluding hydrogens is 406 g/mol. The molecule has 160 valence electrons. The van der Waals surface area contributed by atoms with Crippen LogP contribution in [0.1, 0.15) is 18.4 Å². The number of carbonyl (C=O) groups is 2. The third-order valence-corrected chi connectivity index (χ3v) is 5.21. The second kappa shape index (κ2) is 9.18. The van der Waals surface area contributed by atoms with E-state index in [4.69, 9.17) is 11.5 Å². The first kappa shape index (κ1) is 20.9. The van der Waals surface area contributed by atoms with Crippen molar-refractivity contribution in [2.75, 3.05) is 23.7 Å². The van der Waals surface area contributed by atoms with E-state index < -0.39 is 6.09 Å². The Hall–Kier alpha value is -4.38. The van der Waals surface area contributed by atoms with Crippen molar-refractivity contribution >= 4 is 40.1 Å². The number of benzene rings is 2. The van der Waals surface area contributed by atoms with Crippen LogP contribution >= 0.6 is 0 Å². The van der Waals surface area contributed by atoms with Crippen LogP contribution in [0.5, 0.6) is 0 Å². The van der Waals surface area contributed by atoms with Crippen LogP contribution in [0.25, 0.3) is 10.9 Å². The zero-order valence-electron chi connectivity index (χ0n) is 17.2. The Labute approximate surface area is 185 Å². The summed E-state index contributed by atoms with van der Waals surface area (Å²) in [6.45, 7) is 0.801. The van der Waals surface area contributed by atoms with Gasteiger partial charge in [-0.2, -0.15) is 0 Å². The molecular formula is C24H21N5O3. The van der Waals surface area contributed by atoms with E-state index in [9.17, 15) is 9.59 Å². The van der Waals surface area contributed by atoms with E-state index >= 15 is 0 Å². The highest BCUT2D eigenvalue weighted by atomic mass is 16.4. The summed E-state index contributed by atoms with van der Waals surface area (Å²) in [6.07, 6.45) is 8.68. The van der Waals surface area contributed by atoms with E-state index in [0.29, 0.717) is 37.4 Å². The highest BCUT2D eigenvalue weighted by Gasteiger charge is 2.18. The van der Waals surface area contributed by atoms with Gasteiger partial charge in [0, 0.05) is 41.5 Å². The number of anilines is 3. The van der Waals surface area contributed by atoms with Crippen molar-refractivity contribution < 1.29 is 14.7 Å². The predicted octanol–water partition coefficient (Wildman–Crippen LogP) is 3.99. The van der Waals surface area contributed by atoms with E-state index in [1.165, 1.54) is 11.2 Å². The Morgan fingerprint density at radius 3 is 2.66 bits per heavy atom. The van der Waals surface area contributed by atoms with Crippen molar-refractivity contribution in [3.05, 3.63) is 66.0 Å². The number of piperidine rings is 1. The summed E-state index contributed by atoms with van der Waals surface area (Å²) >= 11 is 0. The summed E-state index contributed by atoms with van der Waals surface area (Å²) in [5.74, 6) is 2.95. The first-order valence-corrected chi connectivity index (χ1v) is 10.1. The van der Waals surface area contributed by atoms with E-state index in [2.05, 4.69) is 26.5 Å². The van der Waals surface area contributed by atoms with Crippen LogP contribution < -0.4 is 10.6 Å². The molecule has 0 atom stereocenters. The zero-order chi connectivity index (χ0) is 22.5. The molecule has 0 radical (unpaired) electrons. The third-order valence-electron chi connectivity index (χ3n) is 5.21. The SMILES string of the molecule is C#Cc1cccc(Nc2ncnc3ccc(NC(=O)C=C4CCN(C(=O)O)CC4)cc23)c1. The van der Waals surface area contributed by atoms with Gasteiger partial charge in [-0.05, 0) is 49.2 Å². The topological polar surface area (TPSA) is 107 Å². The molecule has 0 bridgehead atoms. The van der Waals surface area contributed by atoms with Gasteiger partial charge in [0.2, 0.25) is 5.91 Å². The number of fused-ring (bicyclic) bond motifs is 1. The van der Waals surface area contributed by atoms with Crippen LogP contribution in [-0.2, 0) is 4.79 Å². The molecule has 2 aromatic carbocycles. The average Bonchev–Trinajstić information content (AvgIpc) is 2.80. The summed E-state index contributed by atoms with van der Waals surface area (Å²) in [7, 11) is 0. The second-order valence-electron chi connectivity index (χ2n) is 7.37. The number of nitrogens with zero attached hydrogens (tertiary/aromatic N) is 3. The van der Waals surface area contributed by atoms with E-state index in [-0.39, 0.29) is 5.91 Å². The molecule has 32 heavy (non-hydrogen) atoms. The third kappa shape index (κ3) is 4.84. The fraction of sp³-hybridized carbons (Fsp3) is 0.167. The highest BCUT2D eigenvalue weighted by molar-refractivity contribution is 6.02. The Bertz CT molecular complexity index is 1250. The van der Waals surface area contributed by atoms with Crippen molar-refractivity contribution in [2.24, 2.45) is 0 Å².